The number of nitrogens with one attached hydrogen (secondary N) is 1. The lowest BCUT2D eigenvalue weighted by Gasteiger charge is -2.51. The van der Waals surface area contributed by atoms with E-state index >= 15 is 0 Å². The normalized spacial score (nSPS) is 23.7. The monoisotopic (exact) mass is 403 g/mol. The molecule has 1 fully saturated rings. The van der Waals surface area contributed by atoms with Crippen LogP contribution in [0.15, 0.2) is 55.1 Å². The van der Waals surface area contributed by atoms with Crippen LogP contribution in [0, 0.1) is 16.0 Å². The Hall–Kier alpha value is -3.12. The number of benzene rings is 2. The number of fused-ring (bicyclic) bond motifs is 4. The number of nitro groups is 1. The average molecular weight is 403 g/mol. The summed E-state index contributed by atoms with van der Waals surface area (Å²) in [6, 6.07) is 12.8. The summed E-state index contributed by atoms with van der Waals surface area (Å²) in [5.74, 6) is 0.658. The minimum atomic E-state index is -0.328. The number of hydrogen-bond acceptors (Lipinski definition) is 4. The summed E-state index contributed by atoms with van der Waals surface area (Å²) in [7, 11) is 0. The van der Waals surface area contributed by atoms with Gasteiger partial charge < -0.3 is 10.1 Å². The van der Waals surface area contributed by atoms with Crippen molar-refractivity contribution in [3.63, 3.8) is 0 Å². The molecule has 1 aliphatic carbocycles. The smallest absolute Gasteiger partial charge is 0.270 e. The van der Waals surface area contributed by atoms with Gasteiger partial charge in [0.1, 0.15) is 5.75 Å². The average Bonchev–Trinajstić information content (AvgIpc) is 3.08. The number of hydrogen-bond donors (Lipinski definition) is 2. The number of non-ortho nitro benzene ring substituents is 1. The van der Waals surface area contributed by atoms with Gasteiger partial charge in [0.05, 0.1) is 4.92 Å². The van der Waals surface area contributed by atoms with Gasteiger partial charge in [0.25, 0.3) is 5.69 Å². The van der Waals surface area contributed by atoms with E-state index in [2.05, 4.69) is 22.5 Å². The van der Waals surface area contributed by atoms with Crippen molar-refractivity contribution in [1.29, 1.82) is 0 Å². The van der Waals surface area contributed by atoms with Crippen LogP contribution in [0.2, 0.25) is 0 Å². The summed E-state index contributed by atoms with van der Waals surface area (Å²) in [6.45, 7) is 6.69. The molecule has 6 heteroatoms. The van der Waals surface area contributed by atoms with Gasteiger partial charge in [-0.05, 0) is 61.1 Å². The van der Waals surface area contributed by atoms with Crippen LogP contribution in [0.3, 0.4) is 0 Å². The van der Waals surface area contributed by atoms with E-state index in [-0.39, 0.29) is 16.0 Å². The van der Waals surface area contributed by atoms with Crippen LogP contribution in [-0.2, 0) is 18.3 Å². The Morgan fingerprint density at radius 2 is 2.20 bits per heavy atom. The molecule has 2 aliphatic rings. The van der Waals surface area contributed by atoms with Gasteiger partial charge in [-0.1, -0.05) is 18.2 Å². The van der Waals surface area contributed by atoms with Gasteiger partial charge in [0.15, 0.2) is 0 Å². The second kappa shape index (κ2) is 6.99. The van der Waals surface area contributed by atoms with Gasteiger partial charge in [0.2, 0.25) is 0 Å². The van der Waals surface area contributed by atoms with Crippen LogP contribution in [0.4, 0.5) is 5.69 Å². The Morgan fingerprint density at radius 1 is 1.33 bits per heavy atom. The van der Waals surface area contributed by atoms with Gasteiger partial charge >= 0.3 is 0 Å². The highest BCUT2D eigenvalue weighted by Crippen LogP contribution is 2.49. The standard InChI is InChI=1S/C24H25N3O3/c1-2-9-26-10-8-24(16-4-3-5-19(28)11-16)14-23-20(12-17(24)15-26)21-13-18(27(29)30)6-7-22(21)25-23/h2-7,11,13,17,25,28H,1,8-10,12,14-15H2/t17?,24-/m1/s1. The number of phenolic OH excluding ortho intramolecular Hbond substituents is 1. The zero-order chi connectivity index (χ0) is 20.9. The van der Waals surface area contributed by atoms with Crippen molar-refractivity contribution in [2.75, 3.05) is 19.6 Å². The number of phenols is 1. The van der Waals surface area contributed by atoms with Crippen LogP contribution >= 0.6 is 0 Å². The third-order valence-corrected chi connectivity index (χ3v) is 7.07. The molecule has 1 saturated heterocycles. The summed E-state index contributed by atoms with van der Waals surface area (Å²) in [5, 5.41) is 22.4. The van der Waals surface area contributed by atoms with Crippen LogP contribution in [0.25, 0.3) is 10.9 Å². The molecule has 1 aromatic heterocycles. The molecular formula is C24H25N3O3. The molecule has 0 bridgehead atoms. The lowest BCUT2D eigenvalue weighted by atomic mass is 9.58. The van der Waals surface area contributed by atoms with Crippen molar-refractivity contribution in [1.82, 2.24) is 9.88 Å². The maximum Gasteiger partial charge on any atom is 0.270 e. The van der Waals surface area contributed by atoms with Crippen molar-refractivity contribution in [3.05, 3.63) is 82.1 Å². The van der Waals surface area contributed by atoms with Gasteiger partial charge in [-0.15, -0.1) is 6.58 Å². The maximum atomic E-state index is 11.3. The van der Waals surface area contributed by atoms with Gasteiger partial charge in [-0.3, -0.25) is 15.0 Å². The molecule has 6 nitrogen and oxygen atoms in total. The predicted molar refractivity (Wildman–Crippen MR) is 117 cm³/mol. The molecule has 1 unspecified atom stereocenters. The molecule has 0 saturated carbocycles. The summed E-state index contributed by atoms with van der Waals surface area (Å²) in [4.78, 5) is 17.0. The molecular weight excluding hydrogens is 378 g/mol. The van der Waals surface area contributed by atoms with Crippen LogP contribution in [-0.4, -0.2) is 39.5 Å². The molecule has 5 rings (SSSR count). The molecule has 2 atom stereocenters. The molecule has 1 aliphatic heterocycles. The molecule has 0 amide bonds. The Kier molecular flexibility index (Phi) is 4.40. The number of piperidine rings is 1. The number of aromatic hydroxyl groups is 1. The predicted octanol–water partition coefficient (Wildman–Crippen LogP) is 4.33. The number of likely N-dealkylation sites (tertiary alicyclic amines) is 1. The van der Waals surface area contributed by atoms with E-state index in [1.54, 1.807) is 18.2 Å². The topological polar surface area (TPSA) is 82.4 Å². The second-order valence-corrected chi connectivity index (χ2v) is 8.65. The van der Waals surface area contributed by atoms with E-state index in [4.69, 9.17) is 0 Å². The lowest BCUT2D eigenvalue weighted by molar-refractivity contribution is -0.384. The van der Waals surface area contributed by atoms with Crippen LogP contribution in [0.5, 0.6) is 5.75 Å². The van der Waals surface area contributed by atoms with Gasteiger partial charge in [-0.25, -0.2) is 0 Å². The van der Waals surface area contributed by atoms with Gasteiger partial charge in [0, 0.05) is 47.2 Å². The maximum absolute atomic E-state index is 11.3. The number of nitro benzene ring substituents is 1. The first-order chi connectivity index (χ1) is 14.5. The van der Waals surface area contributed by atoms with Crippen molar-refractivity contribution in [3.8, 4) is 5.75 Å². The molecule has 0 radical (unpaired) electrons. The first-order valence-corrected chi connectivity index (χ1v) is 10.4. The number of aromatic amines is 1. The first kappa shape index (κ1) is 18.9. The van der Waals surface area contributed by atoms with E-state index in [0.717, 1.165) is 49.8 Å². The van der Waals surface area contributed by atoms with E-state index in [1.807, 2.05) is 24.3 Å². The highest BCUT2D eigenvalue weighted by atomic mass is 16.6. The minimum absolute atomic E-state index is 0.0593. The van der Waals surface area contributed by atoms with E-state index < -0.39 is 0 Å². The molecule has 154 valence electrons. The minimum Gasteiger partial charge on any atom is -0.508 e. The van der Waals surface area contributed by atoms with Crippen LogP contribution < -0.4 is 0 Å². The summed E-state index contributed by atoms with van der Waals surface area (Å²) >= 11 is 0. The third-order valence-electron chi connectivity index (χ3n) is 7.07. The van der Waals surface area contributed by atoms with Crippen molar-refractivity contribution in [2.45, 2.75) is 24.7 Å². The highest BCUT2D eigenvalue weighted by Gasteiger charge is 2.48. The Labute approximate surface area is 175 Å². The van der Waals surface area contributed by atoms with Gasteiger partial charge in [-0.2, -0.15) is 0 Å². The van der Waals surface area contributed by atoms with E-state index in [0.29, 0.717) is 11.7 Å². The van der Waals surface area contributed by atoms with Crippen molar-refractivity contribution < 1.29 is 10.0 Å². The van der Waals surface area contributed by atoms with Crippen molar-refractivity contribution in [2.24, 2.45) is 5.92 Å². The molecule has 30 heavy (non-hydrogen) atoms. The van der Waals surface area contributed by atoms with E-state index in [1.165, 1.54) is 16.8 Å². The molecule has 3 aromatic rings. The summed E-state index contributed by atoms with van der Waals surface area (Å²) < 4.78 is 0. The third kappa shape index (κ3) is 2.91. The van der Waals surface area contributed by atoms with Crippen LogP contribution in [0.1, 0.15) is 23.2 Å². The fraction of sp³-hybridized carbons (Fsp3) is 0.333. The lowest BCUT2D eigenvalue weighted by Crippen LogP contribution is -2.53. The number of H-pyrrole nitrogens is 1. The second-order valence-electron chi connectivity index (χ2n) is 8.65. The largest absolute Gasteiger partial charge is 0.508 e. The van der Waals surface area contributed by atoms with E-state index in [9.17, 15) is 15.2 Å². The fourth-order valence-corrected chi connectivity index (χ4v) is 5.63. The first-order valence-electron chi connectivity index (χ1n) is 10.4. The van der Waals surface area contributed by atoms with Crippen molar-refractivity contribution >= 4 is 16.6 Å². The molecule has 2 aromatic carbocycles. The zero-order valence-corrected chi connectivity index (χ0v) is 16.8. The number of nitrogens with zero attached hydrogens (tertiary/aromatic N) is 2. The summed E-state index contributed by atoms with van der Waals surface area (Å²) in [5.41, 5.74) is 4.58. The molecule has 0 spiro atoms. The Bertz CT molecular complexity index is 1150. The number of rotatable bonds is 4. The SMILES string of the molecule is C=CCN1CC[C@]2(c3cccc(O)c3)Cc3[nH]c4ccc([N+](=O)[O-])cc4c3CC2C1. The molecule has 2 N–H and O–H groups in total. The fourth-order valence-electron chi connectivity index (χ4n) is 5.63. The number of aromatic nitrogens is 1. The quantitative estimate of drug-likeness (QED) is 0.386. The molecule has 2 heterocycles. The zero-order valence-electron chi connectivity index (χ0n) is 16.8. The Morgan fingerprint density at radius 3 is 2.97 bits per heavy atom. The summed E-state index contributed by atoms with van der Waals surface area (Å²) in [6.07, 6.45) is 4.66. The highest BCUT2D eigenvalue weighted by molar-refractivity contribution is 5.87. The Balaban J connectivity index is 1.64.